The summed E-state index contributed by atoms with van der Waals surface area (Å²) in [5.74, 6) is 0.686. The third-order valence-electron chi connectivity index (χ3n) is 1.87. The highest BCUT2D eigenvalue weighted by Crippen LogP contribution is 2.10. The first-order valence-corrected chi connectivity index (χ1v) is 5.13. The molecule has 0 fully saturated rings. The van der Waals surface area contributed by atoms with Crippen LogP contribution in [0.15, 0.2) is 6.33 Å². The van der Waals surface area contributed by atoms with E-state index in [0.717, 1.165) is 0 Å². The summed E-state index contributed by atoms with van der Waals surface area (Å²) in [6, 6.07) is -0.234. The van der Waals surface area contributed by atoms with Gasteiger partial charge in [-0.1, -0.05) is 0 Å². The van der Waals surface area contributed by atoms with Crippen molar-refractivity contribution >= 4 is 6.09 Å². The number of aromatic nitrogens is 3. The van der Waals surface area contributed by atoms with Crippen LogP contribution in [-0.4, -0.2) is 26.5 Å². The summed E-state index contributed by atoms with van der Waals surface area (Å²) in [6.45, 7) is 7.28. The monoisotopic (exact) mass is 226 g/mol. The predicted molar refractivity (Wildman–Crippen MR) is 58.8 cm³/mol. The summed E-state index contributed by atoms with van der Waals surface area (Å²) < 4.78 is 6.89. The zero-order valence-electron chi connectivity index (χ0n) is 10.3. The molecule has 0 aliphatic rings. The first kappa shape index (κ1) is 12.5. The van der Waals surface area contributed by atoms with Crippen LogP contribution in [0, 0.1) is 0 Å². The molecule has 0 radical (unpaired) electrons. The van der Waals surface area contributed by atoms with Gasteiger partial charge < -0.3 is 14.6 Å². The van der Waals surface area contributed by atoms with E-state index in [9.17, 15) is 4.79 Å². The van der Waals surface area contributed by atoms with Gasteiger partial charge in [0.05, 0.1) is 6.04 Å². The number of carbonyl (C=O) groups is 1. The van der Waals surface area contributed by atoms with Gasteiger partial charge in [0.1, 0.15) is 11.9 Å². The number of hydrogen-bond acceptors (Lipinski definition) is 4. The minimum Gasteiger partial charge on any atom is -0.444 e. The number of rotatable bonds is 2. The van der Waals surface area contributed by atoms with Gasteiger partial charge in [-0.15, -0.1) is 10.2 Å². The maximum absolute atomic E-state index is 11.5. The Bertz CT molecular complexity index is 367. The van der Waals surface area contributed by atoms with Gasteiger partial charge in [0, 0.05) is 7.05 Å². The van der Waals surface area contributed by atoms with E-state index in [4.69, 9.17) is 4.74 Å². The van der Waals surface area contributed by atoms with Crippen molar-refractivity contribution in [2.45, 2.75) is 39.3 Å². The largest absolute Gasteiger partial charge is 0.444 e. The molecule has 1 amide bonds. The van der Waals surface area contributed by atoms with Gasteiger partial charge in [-0.05, 0) is 27.7 Å². The Morgan fingerprint density at radius 2 is 2.19 bits per heavy atom. The highest BCUT2D eigenvalue weighted by atomic mass is 16.6. The summed E-state index contributed by atoms with van der Waals surface area (Å²) in [5, 5.41) is 10.3. The molecule has 0 aliphatic carbocycles. The zero-order valence-corrected chi connectivity index (χ0v) is 10.3. The number of nitrogens with one attached hydrogen (secondary N) is 1. The summed E-state index contributed by atoms with van der Waals surface area (Å²) >= 11 is 0. The maximum Gasteiger partial charge on any atom is 0.408 e. The van der Waals surface area contributed by atoms with E-state index in [0.29, 0.717) is 5.82 Å². The fraction of sp³-hybridized carbons (Fsp3) is 0.700. The molecule has 0 saturated heterocycles. The van der Waals surface area contributed by atoms with Gasteiger partial charge >= 0.3 is 6.09 Å². The van der Waals surface area contributed by atoms with Gasteiger partial charge in [-0.3, -0.25) is 0 Å². The summed E-state index contributed by atoms with van der Waals surface area (Å²) in [4.78, 5) is 11.5. The molecule has 90 valence electrons. The lowest BCUT2D eigenvalue weighted by Crippen LogP contribution is -2.34. The molecule has 1 atom stereocenters. The second-order valence-corrected chi connectivity index (χ2v) is 4.67. The number of aryl methyl sites for hydroxylation is 1. The predicted octanol–water partition coefficient (Wildman–Crippen LogP) is 1.40. The van der Waals surface area contributed by atoms with Crippen molar-refractivity contribution in [3.63, 3.8) is 0 Å². The minimum atomic E-state index is -0.496. The normalized spacial score (nSPS) is 13.3. The number of amides is 1. The van der Waals surface area contributed by atoms with Crippen molar-refractivity contribution < 1.29 is 9.53 Å². The molecule has 0 bridgehead atoms. The fourth-order valence-corrected chi connectivity index (χ4v) is 1.23. The molecule has 0 aromatic carbocycles. The fourth-order valence-electron chi connectivity index (χ4n) is 1.23. The number of carbonyl (C=O) groups excluding carboxylic acids is 1. The van der Waals surface area contributed by atoms with Crippen molar-refractivity contribution in [3.05, 3.63) is 12.2 Å². The molecule has 16 heavy (non-hydrogen) atoms. The molecule has 6 nitrogen and oxygen atoms in total. The van der Waals surface area contributed by atoms with Crippen LogP contribution >= 0.6 is 0 Å². The quantitative estimate of drug-likeness (QED) is 0.827. The van der Waals surface area contributed by atoms with E-state index in [-0.39, 0.29) is 6.04 Å². The summed E-state index contributed by atoms with van der Waals surface area (Å²) in [7, 11) is 1.82. The standard InChI is InChI=1S/C10H18N4O2/c1-7(8-13-11-6-14(8)5)12-9(15)16-10(2,3)4/h6-7H,1-5H3,(H,12,15). The molecule has 1 unspecified atom stereocenters. The first-order chi connectivity index (χ1) is 7.29. The van der Waals surface area contributed by atoms with Crippen LogP contribution in [0.2, 0.25) is 0 Å². The van der Waals surface area contributed by atoms with Crippen molar-refractivity contribution in [1.29, 1.82) is 0 Å². The minimum absolute atomic E-state index is 0.234. The van der Waals surface area contributed by atoms with Gasteiger partial charge in [0.25, 0.3) is 0 Å². The molecule has 1 aromatic heterocycles. The third kappa shape index (κ3) is 3.52. The average molecular weight is 226 g/mol. The lowest BCUT2D eigenvalue weighted by Gasteiger charge is -2.21. The SMILES string of the molecule is CC(NC(=O)OC(C)(C)C)c1nncn1C. The number of alkyl carbamates (subject to hydrolysis) is 1. The second kappa shape index (κ2) is 4.51. The molecule has 1 aromatic rings. The van der Waals surface area contributed by atoms with Crippen molar-refractivity contribution in [2.75, 3.05) is 0 Å². The van der Waals surface area contributed by atoms with Crippen molar-refractivity contribution in [2.24, 2.45) is 7.05 Å². The van der Waals surface area contributed by atoms with Crippen molar-refractivity contribution in [3.8, 4) is 0 Å². The average Bonchev–Trinajstić information content (AvgIpc) is 2.47. The molecular formula is C10H18N4O2. The van der Waals surface area contributed by atoms with Crippen LogP contribution in [0.25, 0.3) is 0 Å². The van der Waals surface area contributed by atoms with E-state index < -0.39 is 11.7 Å². The molecule has 0 saturated carbocycles. The van der Waals surface area contributed by atoms with E-state index in [1.807, 2.05) is 34.7 Å². The van der Waals surface area contributed by atoms with Gasteiger partial charge in [-0.25, -0.2) is 4.79 Å². The van der Waals surface area contributed by atoms with Crippen LogP contribution in [0.4, 0.5) is 4.79 Å². The third-order valence-corrected chi connectivity index (χ3v) is 1.87. The molecule has 0 aliphatic heterocycles. The lowest BCUT2D eigenvalue weighted by molar-refractivity contribution is 0.0505. The summed E-state index contributed by atoms with van der Waals surface area (Å²) in [5.41, 5.74) is -0.496. The van der Waals surface area contributed by atoms with Crippen LogP contribution in [0.1, 0.15) is 39.6 Å². The van der Waals surface area contributed by atoms with E-state index in [2.05, 4.69) is 15.5 Å². The van der Waals surface area contributed by atoms with E-state index in [1.165, 1.54) is 0 Å². The van der Waals surface area contributed by atoms with Gasteiger partial charge in [-0.2, -0.15) is 0 Å². The number of nitrogens with zero attached hydrogens (tertiary/aromatic N) is 3. The van der Waals surface area contributed by atoms with Crippen LogP contribution in [0.5, 0.6) is 0 Å². The molecule has 0 spiro atoms. The Hall–Kier alpha value is -1.59. The number of hydrogen-bond donors (Lipinski definition) is 1. The Balaban J connectivity index is 2.56. The highest BCUT2D eigenvalue weighted by molar-refractivity contribution is 5.68. The smallest absolute Gasteiger partial charge is 0.408 e. The Morgan fingerprint density at radius 3 is 2.62 bits per heavy atom. The van der Waals surface area contributed by atoms with E-state index >= 15 is 0 Å². The molecular weight excluding hydrogens is 208 g/mol. The Kier molecular flexibility index (Phi) is 3.51. The Labute approximate surface area is 95.0 Å². The molecule has 6 heteroatoms. The topological polar surface area (TPSA) is 69.0 Å². The second-order valence-electron chi connectivity index (χ2n) is 4.67. The zero-order chi connectivity index (χ0) is 12.3. The molecule has 1 heterocycles. The maximum atomic E-state index is 11.5. The van der Waals surface area contributed by atoms with Gasteiger partial charge in [0.15, 0.2) is 5.82 Å². The number of ether oxygens (including phenoxy) is 1. The highest BCUT2D eigenvalue weighted by Gasteiger charge is 2.19. The van der Waals surface area contributed by atoms with Gasteiger partial charge in [0.2, 0.25) is 0 Å². The van der Waals surface area contributed by atoms with Crippen LogP contribution in [0.3, 0.4) is 0 Å². The Morgan fingerprint density at radius 1 is 1.56 bits per heavy atom. The van der Waals surface area contributed by atoms with Crippen LogP contribution < -0.4 is 5.32 Å². The van der Waals surface area contributed by atoms with Crippen LogP contribution in [-0.2, 0) is 11.8 Å². The van der Waals surface area contributed by atoms with E-state index in [1.54, 1.807) is 10.9 Å². The molecule has 1 rings (SSSR count). The van der Waals surface area contributed by atoms with Crippen molar-refractivity contribution in [1.82, 2.24) is 20.1 Å². The molecule has 1 N–H and O–H groups in total. The lowest BCUT2D eigenvalue weighted by atomic mass is 10.2. The first-order valence-electron chi connectivity index (χ1n) is 5.13. The summed E-state index contributed by atoms with van der Waals surface area (Å²) in [6.07, 6.45) is 1.13.